The number of nitrogens with two attached hydrogens (primary N) is 1. The van der Waals surface area contributed by atoms with Crippen LogP contribution in [0.5, 0.6) is 5.75 Å². The molecular formula is C12H13NO4. The van der Waals surface area contributed by atoms with Crippen molar-refractivity contribution in [3.8, 4) is 5.75 Å². The highest BCUT2D eigenvalue weighted by Crippen LogP contribution is 2.21. The van der Waals surface area contributed by atoms with Crippen LogP contribution in [0.15, 0.2) is 18.2 Å². The number of hydrogen-bond donors (Lipinski definition) is 1. The fourth-order valence-electron chi connectivity index (χ4n) is 1.35. The average Bonchev–Trinajstić information content (AvgIpc) is 2.34. The maximum Gasteiger partial charge on any atom is 0.252 e. The summed E-state index contributed by atoms with van der Waals surface area (Å²) < 4.78 is 5.06. The molecule has 0 aliphatic carbocycles. The van der Waals surface area contributed by atoms with Crippen molar-refractivity contribution in [2.24, 2.45) is 5.73 Å². The molecule has 1 aromatic carbocycles. The number of aldehydes is 1. The van der Waals surface area contributed by atoms with E-state index in [1.165, 1.54) is 18.2 Å². The summed E-state index contributed by atoms with van der Waals surface area (Å²) >= 11 is 0. The number of hydrogen-bond acceptors (Lipinski definition) is 4. The van der Waals surface area contributed by atoms with Crippen LogP contribution in [0.25, 0.3) is 0 Å². The van der Waals surface area contributed by atoms with E-state index in [9.17, 15) is 14.4 Å². The lowest BCUT2D eigenvalue weighted by Crippen LogP contribution is -2.14. The highest BCUT2D eigenvalue weighted by Gasteiger charge is 2.12. The minimum absolute atomic E-state index is 0.0722. The number of Topliss-reactive ketones (excluding diaryl/α,β-unsaturated/α-hetero) is 1. The lowest BCUT2D eigenvalue weighted by atomic mass is 10.1. The van der Waals surface area contributed by atoms with Crippen LogP contribution in [0, 0.1) is 0 Å². The molecule has 0 heterocycles. The molecule has 0 radical (unpaired) electrons. The van der Waals surface area contributed by atoms with Crippen molar-refractivity contribution < 1.29 is 19.1 Å². The molecule has 1 amide bonds. The van der Waals surface area contributed by atoms with E-state index in [1.54, 1.807) is 6.92 Å². The maximum atomic E-state index is 11.5. The number of amides is 1. The minimum atomic E-state index is -0.665. The molecule has 0 saturated heterocycles. The summed E-state index contributed by atoms with van der Waals surface area (Å²) in [4.78, 5) is 32.8. The molecule has 90 valence electrons. The standard InChI is InChI=1S/C12H13NO4/c1-2-10(15)8-3-4-9(12(13)16)11(7-8)17-6-5-14/h3-5,7H,2,6H2,1H3,(H2,13,16). The van der Waals surface area contributed by atoms with Gasteiger partial charge in [-0.2, -0.15) is 0 Å². The van der Waals surface area contributed by atoms with Gasteiger partial charge in [0.1, 0.15) is 12.4 Å². The topological polar surface area (TPSA) is 86.5 Å². The zero-order chi connectivity index (χ0) is 12.8. The predicted octanol–water partition coefficient (Wildman–Crippen LogP) is 0.956. The molecule has 0 atom stereocenters. The quantitative estimate of drug-likeness (QED) is 0.587. The molecular weight excluding hydrogens is 222 g/mol. The fraction of sp³-hybridized carbons (Fsp3) is 0.250. The number of carbonyl (C=O) groups is 3. The Hall–Kier alpha value is -2.17. The Morgan fingerprint density at radius 3 is 2.65 bits per heavy atom. The van der Waals surface area contributed by atoms with Crippen molar-refractivity contribution >= 4 is 18.0 Å². The second-order valence-corrected chi connectivity index (χ2v) is 3.33. The van der Waals surface area contributed by atoms with Crippen LogP contribution in [-0.4, -0.2) is 24.6 Å². The molecule has 1 aromatic rings. The predicted molar refractivity (Wildman–Crippen MR) is 61.1 cm³/mol. The van der Waals surface area contributed by atoms with Crippen LogP contribution < -0.4 is 10.5 Å². The molecule has 17 heavy (non-hydrogen) atoms. The molecule has 0 aliphatic heterocycles. The smallest absolute Gasteiger partial charge is 0.252 e. The van der Waals surface area contributed by atoms with Gasteiger partial charge in [0.15, 0.2) is 12.1 Å². The van der Waals surface area contributed by atoms with E-state index < -0.39 is 5.91 Å². The number of ketones is 1. The molecule has 0 aromatic heterocycles. The van der Waals surface area contributed by atoms with Gasteiger partial charge in [-0.25, -0.2) is 0 Å². The number of carbonyl (C=O) groups excluding carboxylic acids is 3. The van der Waals surface area contributed by atoms with Gasteiger partial charge in [0, 0.05) is 12.0 Å². The molecule has 0 saturated carbocycles. The summed E-state index contributed by atoms with van der Waals surface area (Å²) in [5.74, 6) is -0.581. The Balaban J connectivity index is 3.13. The van der Waals surface area contributed by atoms with Gasteiger partial charge in [0.25, 0.3) is 5.91 Å². The average molecular weight is 235 g/mol. The maximum absolute atomic E-state index is 11.5. The van der Waals surface area contributed by atoms with E-state index in [2.05, 4.69) is 0 Å². The second kappa shape index (κ2) is 5.79. The van der Waals surface area contributed by atoms with Crippen LogP contribution >= 0.6 is 0 Å². The second-order valence-electron chi connectivity index (χ2n) is 3.33. The summed E-state index contributed by atoms with van der Waals surface area (Å²) in [6.45, 7) is 1.54. The fourth-order valence-corrected chi connectivity index (χ4v) is 1.35. The van der Waals surface area contributed by atoms with Crippen molar-refractivity contribution in [2.45, 2.75) is 13.3 Å². The third-order valence-electron chi connectivity index (χ3n) is 2.20. The third kappa shape index (κ3) is 3.14. The first-order valence-corrected chi connectivity index (χ1v) is 5.13. The van der Waals surface area contributed by atoms with Gasteiger partial charge in [-0.05, 0) is 12.1 Å². The summed E-state index contributed by atoms with van der Waals surface area (Å²) in [6, 6.07) is 4.36. The Morgan fingerprint density at radius 1 is 1.41 bits per heavy atom. The largest absolute Gasteiger partial charge is 0.485 e. The molecule has 5 nitrogen and oxygen atoms in total. The van der Waals surface area contributed by atoms with E-state index in [-0.39, 0.29) is 23.7 Å². The lowest BCUT2D eigenvalue weighted by Gasteiger charge is -2.08. The Bertz CT molecular complexity index is 454. The van der Waals surface area contributed by atoms with Gasteiger partial charge >= 0.3 is 0 Å². The first-order chi connectivity index (χ1) is 8.10. The molecule has 1 rings (SSSR count). The zero-order valence-corrected chi connectivity index (χ0v) is 9.43. The van der Waals surface area contributed by atoms with Crippen LogP contribution in [-0.2, 0) is 4.79 Å². The monoisotopic (exact) mass is 235 g/mol. The minimum Gasteiger partial charge on any atom is -0.485 e. The first-order valence-electron chi connectivity index (χ1n) is 5.13. The van der Waals surface area contributed by atoms with E-state index in [1.807, 2.05) is 0 Å². The van der Waals surface area contributed by atoms with Crippen LogP contribution in [0.2, 0.25) is 0 Å². The SMILES string of the molecule is CCC(=O)c1ccc(C(N)=O)c(OCC=O)c1. The molecule has 0 unspecified atom stereocenters. The van der Waals surface area contributed by atoms with Crippen molar-refractivity contribution in [1.29, 1.82) is 0 Å². The van der Waals surface area contributed by atoms with Gasteiger partial charge < -0.3 is 10.5 Å². The van der Waals surface area contributed by atoms with Gasteiger partial charge in [-0.3, -0.25) is 14.4 Å². The van der Waals surface area contributed by atoms with Gasteiger partial charge in [0.2, 0.25) is 0 Å². The van der Waals surface area contributed by atoms with E-state index in [0.29, 0.717) is 18.3 Å². The van der Waals surface area contributed by atoms with E-state index in [0.717, 1.165) is 0 Å². The highest BCUT2D eigenvalue weighted by atomic mass is 16.5. The van der Waals surface area contributed by atoms with Crippen molar-refractivity contribution in [1.82, 2.24) is 0 Å². The molecule has 0 fully saturated rings. The van der Waals surface area contributed by atoms with Gasteiger partial charge in [0.05, 0.1) is 5.56 Å². The van der Waals surface area contributed by atoms with Gasteiger partial charge in [-0.15, -0.1) is 0 Å². The molecule has 5 heteroatoms. The third-order valence-corrected chi connectivity index (χ3v) is 2.20. The summed E-state index contributed by atoms with van der Waals surface area (Å²) in [7, 11) is 0. The van der Waals surface area contributed by atoms with Crippen LogP contribution in [0.1, 0.15) is 34.1 Å². The molecule has 0 spiro atoms. The normalized spacial score (nSPS) is 9.71. The van der Waals surface area contributed by atoms with Crippen LogP contribution in [0.4, 0.5) is 0 Å². The number of rotatable bonds is 6. The van der Waals surface area contributed by atoms with E-state index >= 15 is 0 Å². The Labute approximate surface area is 98.6 Å². The summed E-state index contributed by atoms with van der Waals surface area (Å²) in [6.07, 6.45) is 0.905. The number of ether oxygens (including phenoxy) is 1. The molecule has 0 aliphatic rings. The Kier molecular flexibility index (Phi) is 4.39. The Morgan fingerprint density at radius 2 is 2.12 bits per heavy atom. The lowest BCUT2D eigenvalue weighted by molar-refractivity contribution is -0.109. The number of benzene rings is 1. The summed E-state index contributed by atoms with van der Waals surface area (Å²) in [5, 5.41) is 0. The van der Waals surface area contributed by atoms with E-state index in [4.69, 9.17) is 10.5 Å². The zero-order valence-electron chi connectivity index (χ0n) is 9.43. The highest BCUT2D eigenvalue weighted by molar-refractivity contribution is 6.00. The van der Waals surface area contributed by atoms with Crippen molar-refractivity contribution in [2.75, 3.05) is 6.61 Å². The molecule has 2 N–H and O–H groups in total. The van der Waals surface area contributed by atoms with Crippen molar-refractivity contribution in [3.63, 3.8) is 0 Å². The summed E-state index contributed by atoms with van der Waals surface area (Å²) in [5.41, 5.74) is 5.73. The first kappa shape index (κ1) is 12.9. The number of primary amides is 1. The van der Waals surface area contributed by atoms with Gasteiger partial charge in [-0.1, -0.05) is 13.0 Å². The molecule has 0 bridgehead atoms. The van der Waals surface area contributed by atoms with Crippen LogP contribution in [0.3, 0.4) is 0 Å². The van der Waals surface area contributed by atoms with Crippen molar-refractivity contribution in [3.05, 3.63) is 29.3 Å².